The Balaban J connectivity index is 0.00000144. The number of likely N-dealkylation sites (N-methyl/N-ethyl adjacent to an activating group) is 1. The molecule has 0 amide bonds. The topological polar surface area (TPSA) is 12.0 Å². The minimum atomic E-state index is -4.20. The zero-order chi connectivity index (χ0) is 12.0. The molecule has 1 heterocycles. The highest BCUT2D eigenvalue weighted by molar-refractivity contribution is 7.12. The van der Waals surface area contributed by atoms with E-state index in [-0.39, 0.29) is 17.9 Å². The van der Waals surface area contributed by atoms with Crippen LogP contribution < -0.4 is 5.32 Å². The standard InChI is InChI=1S/C11H14F3NS.ClH/c1-10(15-2)4-3-7-5-9(11(12,13)14)16-8(7)6-10;/h5,15H,3-4,6H2,1-2H3;1H. The van der Waals surface area contributed by atoms with Crippen LogP contribution >= 0.6 is 23.7 Å². The maximum Gasteiger partial charge on any atom is 0.425 e. The largest absolute Gasteiger partial charge is 0.425 e. The van der Waals surface area contributed by atoms with Crippen molar-refractivity contribution >= 4 is 23.7 Å². The number of rotatable bonds is 1. The Kier molecular flexibility index (Phi) is 4.16. The highest BCUT2D eigenvalue weighted by Crippen LogP contribution is 2.41. The Morgan fingerprint density at radius 3 is 2.59 bits per heavy atom. The summed E-state index contributed by atoms with van der Waals surface area (Å²) in [5, 5.41) is 3.19. The molecule has 98 valence electrons. The zero-order valence-electron chi connectivity index (χ0n) is 9.65. The Labute approximate surface area is 109 Å². The molecule has 0 spiro atoms. The molecule has 0 fully saturated rings. The Morgan fingerprint density at radius 1 is 1.41 bits per heavy atom. The summed E-state index contributed by atoms with van der Waals surface area (Å²) in [6, 6.07) is 1.31. The van der Waals surface area contributed by atoms with E-state index in [0.29, 0.717) is 6.42 Å². The summed E-state index contributed by atoms with van der Waals surface area (Å²) in [6.07, 6.45) is -1.87. The van der Waals surface area contributed by atoms with Gasteiger partial charge in [0.05, 0.1) is 0 Å². The summed E-state index contributed by atoms with van der Waals surface area (Å²) in [7, 11) is 1.86. The maximum atomic E-state index is 12.5. The van der Waals surface area contributed by atoms with Crippen LogP contribution in [0.2, 0.25) is 0 Å². The molecule has 0 bridgehead atoms. The highest BCUT2D eigenvalue weighted by atomic mass is 35.5. The summed E-state index contributed by atoms with van der Waals surface area (Å²) < 4.78 is 37.6. The quantitative estimate of drug-likeness (QED) is 0.830. The van der Waals surface area contributed by atoms with Crippen molar-refractivity contribution in [1.29, 1.82) is 0 Å². The van der Waals surface area contributed by atoms with Gasteiger partial charge in [-0.15, -0.1) is 23.7 Å². The Bertz CT molecular complexity index is 402. The van der Waals surface area contributed by atoms with Crippen LogP contribution in [-0.2, 0) is 19.0 Å². The predicted molar refractivity (Wildman–Crippen MR) is 66.1 cm³/mol. The molecule has 1 aliphatic rings. The molecule has 1 atom stereocenters. The molecule has 1 N–H and O–H groups in total. The van der Waals surface area contributed by atoms with Crippen LogP contribution in [0.4, 0.5) is 13.2 Å². The number of halogens is 4. The van der Waals surface area contributed by atoms with Crippen molar-refractivity contribution in [2.45, 2.75) is 37.9 Å². The van der Waals surface area contributed by atoms with Gasteiger partial charge < -0.3 is 5.32 Å². The fourth-order valence-corrected chi connectivity index (χ4v) is 3.30. The number of aryl methyl sites for hydroxylation is 1. The van der Waals surface area contributed by atoms with Crippen molar-refractivity contribution in [3.05, 3.63) is 21.4 Å². The average Bonchev–Trinajstić information content (AvgIpc) is 2.60. The van der Waals surface area contributed by atoms with Crippen molar-refractivity contribution < 1.29 is 13.2 Å². The Hall–Kier alpha value is -0.260. The van der Waals surface area contributed by atoms with Crippen molar-refractivity contribution in [3.63, 3.8) is 0 Å². The molecule has 0 saturated heterocycles. The van der Waals surface area contributed by atoms with Gasteiger partial charge in [0.15, 0.2) is 0 Å². The van der Waals surface area contributed by atoms with Gasteiger partial charge in [-0.3, -0.25) is 0 Å². The van der Waals surface area contributed by atoms with Gasteiger partial charge in [-0.05, 0) is 44.9 Å². The summed E-state index contributed by atoms with van der Waals surface area (Å²) >= 11 is 0.895. The summed E-state index contributed by atoms with van der Waals surface area (Å²) in [4.78, 5) is 0.424. The van der Waals surface area contributed by atoms with Gasteiger partial charge in [0, 0.05) is 10.4 Å². The van der Waals surface area contributed by atoms with Gasteiger partial charge in [-0.1, -0.05) is 0 Å². The molecule has 0 aliphatic heterocycles. The van der Waals surface area contributed by atoms with Gasteiger partial charge in [0.2, 0.25) is 0 Å². The van der Waals surface area contributed by atoms with Gasteiger partial charge in [-0.2, -0.15) is 13.2 Å². The molecule has 1 nitrogen and oxygen atoms in total. The Morgan fingerprint density at radius 2 is 2.06 bits per heavy atom. The lowest BCUT2D eigenvalue weighted by Gasteiger charge is -2.33. The maximum absolute atomic E-state index is 12.5. The minimum absolute atomic E-state index is 0. The smallest absolute Gasteiger partial charge is 0.314 e. The predicted octanol–water partition coefficient (Wildman–Crippen LogP) is 3.66. The van der Waals surface area contributed by atoms with Crippen molar-refractivity contribution in [3.8, 4) is 0 Å². The fraction of sp³-hybridized carbons (Fsp3) is 0.636. The summed E-state index contributed by atoms with van der Waals surface area (Å²) in [5.41, 5.74) is 0.825. The van der Waals surface area contributed by atoms with Crippen LogP contribution in [0.1, 0.15) is 28.7 Å². The first kappa shape index (κ1) is 14.8. The molecule has 17 heavy (non-hydrogen) atoms. The van der Waals surface area contributed by atoms with Crippen LogP contribution in [0.3, 0.4) is 0 Å². The molecule has 1 aromatic rings. The van der Waals surface area contributed by atoms with Gasteiger partial charge in [0.1, 0.15) is 4.88 Å². The molecule has 2 rings (SSSR count). The highest BCUT2D eigenvalue weighted by Gasteiger charge is 2.37. The second-order valence-electron chi connectivity index (χ2n) is 4.54. The SMILES string of the molecule is CNC1(C)CCc2cc(C(F)(F)F)sc2C1.Cl. The van der Waals surface area contributed by atoms with Crippen LogP contribution in [0, 0.1) is 0 Å². The number of hydrogen-bond acceptors (Lipinski definition) is 2. The van der Waals surface area contributed by atoms with Crippen molar-refractivity contribution in [1.82, 2.24) is 5.32 Å². The molecule has 6 heteroatoms. The first-order valence-electron chi connectivity index (χ1n) is 5.22. The lowest BCUT2D eigenvalue weighted by molar-refractivity contribution is -0.134. The lowest BCUT2D eigenvalue weighted by atomic mass is 9.83. The number of hydrogen-bond donors (Lipinski definition) is 1. The molecule has 1 unspecified atom stereocenters. The van der Waals surface area contributed by atoms with Gasteiger partial charge >= 0.3 is 6.18 Å². The molecular formula is C11H15ClF3NS. The van der Waals surface area contributed by atoms with E-state index in [9.17, 15) is 13.2 Å². The van der Waals surface area contributed by atoms with Crippen LogP contribution in [-0.4, -0.2) is 12.6 Å². The van der Waals surface area contributed by atoms with Gasteiger partial charge in [-0.25, -0.2) is 0 Å². The summed E-state index contributed by atoms with van der Waals surface area (Å²) in [6.45, 7) is 2.06. The molecular weight excluding hydrogens is 271 g/mol. The number of thiophene rings is 1. The fourth-order valence-electron chi connectivity index (χ4n) is 2.03. The number of nitrogens with one attached hydrogen (secondary N) is 1. The van der Waals surface area contributed by atoms with E-state index in [0.717, 1.165) is 34.6 Å². The van der Waals surface area contributed by atoms with Crippen LogP contribution in [0.15, 0.2) is 6.07 Å². The first-order chi connectivity index (χ1) is 7.34. The third kappa shape index (κ3) is 2.95. The van der Waals surface area contributed by atoms with E-state index in [1.54, 1.807) is 0 Å². The molecule has 0 aromatic carbocycles. The third-order valence-corrected chi connectivity index (χ3v) is 4.50. The second-order valence-corrected chi connectivity index (χ2v) is 5.68. The number of fused-ring (bicyclic) bond motifs is 1. The average molecular weight is 286 g/mol. The van der Waals surface area contributed by atoms with Crippen LogP contribution in [0.25, 0.3) is 0 Å². The monoisotopic (exact) mass is 285 g/mol. The second kappa shape index (κ2) is 4.78. The van der Waals surface area contributed by atoms with Crippen molar-refractivity contribution in [2.24, 2.45) is 0 Å². The van der Waals surface area contributed by atoms with E-state index >= 15 is 0 Å². The van der Waals surface area contributed by atoms with E-state index in [2.05, 4.69) is 12.2 Å². The first-order valence-corrected chi connectivity index (χ1v) is 6.03. The van der Waals surface area contributed by atoms with E-state index in [1.165, 1.54) is 6.07 Å². The lowest BCUT2D eigenvalue weighted by Crippen LogP contribution is -2.44. The van der Waals surface area contributed by atoms with E-state index < -0.39 is 11.1 Å². The molecule has 0 radical (unpaired) electrons. The normalized spacial score (nSPS) is 24.1. The molecule has 1 aromatic heterocycles. The third-order valence-electron chi connectivity index (χ3n) is 3.28. The minimum Gasteiger partial charge on any atom is -0.314 e. The van der Waals surface area contributed by atoms with Crippen molar-refractivity contribution in [2.75, 3.05) is 7.05 Å². The van der Waals surface area contributed by atoms with E-state index in [4.69, 9.17) is 0 Å². The van der Waals surface area contributed by atoms with Gasteiger partial charge in [0.25, 0.3) is 0 Å². The number of alkyl halides is 3. The van der Waals surface area contributed by atoms with Crippen LogP contribution in [0.5, 0.6) is 0 Å². The summed E-state index contributed by atoms with van der Waals surface area (Å²) in [5.74, 6) is 0. The zero-order valence-corrected chi connectivity index (χ0v) is 11.3. The van der Waals surface area contributed by atoms with E-state index in [1.807, 2.05) is 7.05 Å². The molecule has 1 aliphatic carbocycles. The molecule has 0 saturated carbocycles.